The maximum atomic E-state index is 12.3. The fraction of sp³-hybridized carbons (Fsp3) is 0.429. The highest BCUT2D eigenvalue weighted by Crippen LogP contribution is 2.19. The average molecular weight is 353 g/mol. The van der Waals surface area contributed by atoms with Gasteiger partial charge in [0.05, 0.1) is 6.61 Å². The lowest BCUT2D eigenvalue weighted by Crippen LogP contribution is -2.43. The topological polar surface area (TPSA) is 65.5 Å². The van der Waals surface area contributed by atoms with Crippen molar-refractivity contribution >= 4 is 5.91 Å². The van der Waals surface area contributed by atoms with Crippen LogP contribution in [0.15, 0.2) is 48.8 Å². The first-order valence-corrected chi connectivity index (χ1v) is 9.41. The number of hydrogen-bond acceptors (Lipinski definition) is 4. The fourth-order valence-electron chi connectivity index (χ4n) is 3.51. The molecular weight excluding hydrogens is 326 g/mol. The third-order valence-corrected chi connectivity index (χ3v) is 5.03. The van der Waals surface area contributed by atoms with Gasteiger partial charge in [-0.1, -0.05) is 18.6 Å². The molecule has 0 radical (unpaired) electrons. The number of carbonyl (C=O) groups is 1. The molecule has 0 spiro atoms. The van der Waals surface area contributed by atoms with Crippen LogP contribution in [0.4, 0.5) is 0 Å². The van der Waals surface area contributed by atoms with Crippen LogP contribution in [0.2, 0.25) is 0 Å². The van der Waals surface area contributed by atoms with Gasteiger partial charge in [0.25, 0.3) is 5.91 Å². The second kappa shape index (κ2) is 9.46. The Morgan fingerprint density at radius 1 is 1.12 bits per heavy atom. The van der Waals surface area contributed by atoms with E-state index < -0.39 is 0 Å². The smallest absolute Gasteiger partial charge is 0.251 e. The predicted molar refractivity (Wildman–Crippen MR) is 103 cm³/mol. The Morgan fingerprint density at radius 3 is 2.58 bits per heavy atom. The van der Waals surface area contributed by atoms with Crippen molar-refractivity contribution in [2.45, 2.75) is 31.7 Å². The van der Waals surface area contributed by atoms with Crippen LogP contribution in [0.3, 0.4) is 0 Å². The van der Waals surface area contributed by atoms with Gasteiger partial charge in [-0.15, -0.1) is 0 Å². The van der Waals surface area contributed by atoms with Gasteiger partial charge < -0.3 is 10.4 Å². The molecule has 2 N–H and O–H groups in total. The molecule has 1 saturated heterocycles. The van der Waals surface area contributed by atoms with E-state index in [1.807, 2.05) is 36.4 Å². The molecule has 1 aromatic heterocycles. The number of rotatable bonds is 7. The molecule has 1 amide bonds. The number of piperidine rings is 1. The number of nitrogens with one attached hydrogen (secondary N) is 1. The summed E-state index contributed by atoms with van der Waals surface area (Å²) in [5.74, 6) is -0.0383. The van der Waals surface area contributed by atoms with Crippen molar-refractivity contribution in [2.24, 2.45) is 0 Å². The Hall–Kier alpha value is -2.24. The number of nitrogens with zero attached hydrogens (tertiary/aromatic N) is 2. The molecule has 2 heterocycles. The van der Waals surface area contributed by atoms with Gasteiger partial charge in [-0.2, -0.15) is 0 Å². The quantitative estimate of drug-likeness (QED) is 0.751. The first-order valence-electron chi connectivity index (χ1n) is 9.41. The molecule has 0 unspecified atom stereocenters. The number of aliphatic hydroxyl groups excluding tert-OH is 1. The van der Waals surface area contributed by atoms with E-state index in [0.29, 0.717) is 18.2 Å². The number of amides is 1. The van der Waals surface area contributed by atoms with Gasteiger partial charge in [0.2, 0.25) is 0 Å². The maximum Gasteiger partial charge on any atom is 0.251 e. The minimum atomic E-state index is -0.0383. The molecule has 1 fully saturated rings. The molecule has 1 atom stereocenters. The molecule has 1 aromatic carbocycles. The lowest BCUT2D eigenvalue weighted by Gasteiger charge is -2.34. The number of likely N-dealkylation sites (tertiary alicyclic amines) is 1. The molecule has 0 saturated carbocycles. The zero-order valence-electron chi connectivity index (χ0n) is 15.1. The fourth-order valence-corrected chi connectivity index (χ4v) is 3.51. The lowest BCUT2D eigenvalue weighted by atomic mass is 10.0. The minimum absolute atomic E-state index is 0.0383. The normalized spacial score (nSPS) is 17.8. The summed E-state index contributed by atoms with van der Waals surface area (Å²) in [5.41, 5.74) is 2.84. The van der Waals surface area contributed by atoms with E-state index in [0.717, 1.165) is 37.1 Å². The second-order valence-electron chi connectivity index (χ2n) is 6.79. The molecular formula is C21H27N3O2. The van der Waals surface area contributed by atoms with Crippen molar-refractivity contribution in [1.29, 1.82) is 0 Å². The molecule has 0 aliphatic carbocycles. The van der Waals surface area contributed by atoms with Crippen molar-refractivity contribution in [3.8, 4) is 11.1 Å². The van der Waals surface area contributed by atoms with Gasteiger partial charge in [-0.05, 0) is 61.2 Å². The summed E-state index contributed by atoms with van der Waals surface area (Å²) >= 11 is 0. The van der Waals surface area contributed by atoms with E-state index in [-0.39, 0.29) is 12.5 Å². The number of pyridine rings is 1. The minimum Gasteiger partial charge on any atom is -0.395 e. The Labute approximate surface area is 155 Å². The van der Waals surface area contributed by atoms with E-state index in [1.54, 1.807) is 12.4 Å². The summed E-state index contributed by atoms with van der Waals surface area (Å²) in [7, 11) is 0. The van der Waals surface area contributed by atoms with Gasteiger partial charge in [-0.3, -0.25) is 14.7 Å². The number of carbonyl (C=O) groups excluding carboxylic acids is 1. The number of aromatic nitrogens is 1. The van der Waals surface area contributed by atoms with E-state index in [4.69, 9.17) is 0 Å². The zero-order valence-corrected chi connectivity index (χ0v) is 15.1. The Bertz CT molecular complexity index is 688. The van der Waals surface area contributed by atoms with Crippen LogP contribution in [0.1, 0.15) is 36.0 Å². The van der Waals surface area contributed by atoms with Crippen LogP contribution in [0.25, 0.3) is 11.1 Å². The second-order valence-corrected chi connectivity index (χ2v) is 6.79. The van der Waals surface area contributed by atoms with Gasteiger partial charge in [0, 0.05) is 37.1 Å². The highest BCUT2D eigenvalue weighted by molar-refractivity contribution is 5.94. The van der Waals surface area contributed by atoms with Crippen molar-refractivity contribution in [2.75, 3.05) is 26.2 Å². The SMILES string of the molecule is O=C(NCCCN1CCCC[C@@H]1CO)c1ccc(-c2ccncc2)cc1. The number of hydrogen-bond donors (Lipinski definition) is 2. The molecule has 5 nitrogen and oxygen atoms in total. The number of aliphatic hydroxyl groups is 1. The molecule has 2 aromatic rings. The predicted octanol–water partition coefficient (Wildman–Crippen LogP) is 2.72. The Morgan fingerprint density at radius 2 is 1.85 bits per heavy atom. The van der Waals surface area contributed by atoms with Crippen LogP contribution >= 0.6 is 0 Å². The summed E-state index contributed by atoms with van der Waals surface area (Å²) < 4.78 is 0. The first-order chi connectivity index (χ1) is 12.8. The molecule has 0 bridgehead atoms. The molecule has 1 aliphatic rings. The maximum absolute atomic E-state index is 12.3. The Kier molecular flexibility index (Phi) is 6.75. The van der Waals surface area contributed by atoms with Crippen LogP contribution in [-0.2, 0) is 0 Å². The van der Waals surface area contributed by atoms with E-state index >= 15 is 0 Å². The van der Waals surface area contributed by atoms with Gasteiger partial charge in [-0.25, -0.2) is 0 Å². The molecule has 26 heavy (non-hydrogen) atoms. The van der Waals surface area contributed by atoms with Gasteiger partial charge in [0.1, 0.15) is 0 Å². The summed E-state index contributed by atoms with van der Waals surface area (Å²) in [6.07, 6.45) is 7.91. The lowest BCUT2D eigenvalue weighted by molar-refractivity contribution is 0.0868. The third kappa shape index (κ3) is 4.90. The summed E-state index contributed by atoms with van der Waals surface area (Å²) in [4.78, 5) is 18.7. The first kappa shape index (κ1) is 18.5. The van der Waals surface area contributed by atoms with Crippen LogP contribution < -0.4 is 5.32 Å². The highest BCUT2D eigenvalue weighted by atomic mass is 16.3. The van der Waals surface area contributed by atoms with Crippen LogP contribution in [0, 0.1) is 0 Å². The number of benzene rings is 1. The van der Waals surface area contributed by atoms with Crippen molar-refractivity contribution in [3.63, 3.8) is 0 Å². The van der Waals surface area contributed by atoms with Crippen molar-refractivity contribution in [1.82, 2.24) is 15.2 Å². The van der Waals surface area contributed by atoms with Crippen LogP contribution in [0.5, 0.6) is 0 Å². The van der Waals surface area contributed by atoms with E-state index in [1.165, 1.54) is 12.8 Å². The molecule has 1 aliphatic heterocycles. The van der Waals surface area contributed by atoms with Gasteiger partial charge in [0.15, 0.2) is 0 Å². The summed E-state index contributed by atoms with van der Waals surface area (Å²) in [5, 5.41) is 12.4. The van der Waals surface area contributed by atoms with Crippen molar-refractivity contribution in [3.05, 3.63) is 54.4 Å². The summed E-state index contributed by atoms with van der Waals surface area (Å²) in [6.45, 7) is 2.86. The van der Waals surface area contributed by atoms with Gasteiger partial charge >= 0.3 is 0 Å². The standard InChI is InChI=1S/C21H27N3O2/c25-16-20-4-1-2-14-24(20)15-3-11-23-21(26)19-7-5-17(6-8-19)18-9-12-22-13-10-18/h5-10,12-13,20,25H,1-4,11,14-16H2,(H,23,26)/t20-/m1/s1. The Balaban J connectivity index is 1.45. The zero-order chi connectivity index (χ0) is 18.2. The van der Waals surface area contributed by atoms with E-state index in [2.05, 4.69) is 15.2 Å². The van der Waals surface area contributed by atoms with E-state index in [9.17, 15) is 9.90 Å². The molecule has 3 rings (SSSR count). The molecule has 138 valence electrons. The molecule has 5 heteroatoms. The highest BCUT2D eigenvalue weighted by Gasteiger charge is 2.20. The van der Waals surface area contributed by atoms with Crippen LogP contribution in [-0.4, -0.2) is 53.2 Å². The average Bonchev–Trinajstić information content (AvgIpc) is 2.72. The monoisotopic (exact) mass is 353 g/mol. The van der Waals surface area contributed by atoms with Crippen molar-refractivity contribution < 1.29 is 9.90 Å². The largest absolute Gasteiger partial charge is 0.395 e. The summed E-state index contributed by atoms with van der Waals surface area (Å²) in [6, 6.07) is 11.8. The third-order valence-electron chi connectivity index (χ3n) is 5.03.